The molecule has 13 nitrogen and oxygen atoms in total. The summed E-state index contributed by atoms with van der Waals surface area (Å²) >= 11 is 7.15. The number of aromatic nitrogens is 5. The maximum absolute atomic E-state index is 11.6. The molecule has 2 N–H and O–H groups in total. The number of carbonyl (C=O) groups is 1. The second-order valence-corrected chi connectivity index (χ2v) is 13.8. The van der Waals surface area contributed by atoms with Crippen molar-refractivity contribution in [1.82, 2.24) is 30.0 Å². The normalized spacial score (nSPS) is 21.8. The highest BCUT2D eigenvalue weighted by molar-refractivity contribution is 6.36. The number of amides is 1. The minimum absolute atomic E-state index is 0.191. The lowest BCUT2D eigenvalue weighted by Crippen LogP contribution is -2.54. The predicted molar refractivity (Wildman–Crippen MR) is 192 cm³/mol. The van der Waals surface area contributed by atoms with E-state index in [2.05, 4.69) is 21.8 Å². The number of piperidine rings is 1. The summed E-state index contributed by atoms with van der Waals surface area (Å²) in [7, 11) is 3.61. The van der Waals surface area contributed by atoms with Crippen LogP contribution in [-0.4, -0.2) is 88.5 Å². The first kappa shape index (κ1) is 34.0. The van der Waals surface area contributed by atoms with Crippen LogP contribution in [0.2, 0.25) is 5.02 Å². The Balaban J connectivity index is 1.24. The van der Waals surface area contributed by atoms with Gasteiger partial charge in [0.2, 0.25) is 0 Å². The van der Waals surface area contributed by atoms with Gasteiger partial charge in [0.05, 0.1) is 30.9 Å². The van der Waals surface area contributed by atoms with E-state index >= 15 is 0 Å². The van der Waals surface area contributed by atoms with Crippen LogP contribution >= 0.6 is 11.6 Å². The van der Waals surface area contributed by atoms with E-state index in [1.54, 1.807) is 19.4 Å². The van der Waals surface area contributed by atoms with Gasteiger partial charge in [0.15, 0.2) is 17.7 Å². The number of ether oxygens (including phenoxy) is 3. The first-order valence-electron chi connectivity index (χ1n) is 17.1. The summed E-state index contributed by atoms with van der Waals surface area (Å²) in [6.07, 6.45) is 6.26. The van der Waals surface area contributed by atoms with Crippen LogP contribution in [0.15, 0.2) is 43.1 Å². The van der Waals surface area contributed by atoms with Gasteiger partial charge in [0.25, 0.3) is 0 Å². The van der Waals surface area contributed by atoms with Gasteiger partial charge in [0, 0.05) is 50.5 Å². The van der Waals surface area contributed by atoms with E-state index in [0.717, 1.165) is 43.4 Å². The van der Waals surface area contributed by atoms with E-state index < -0.39 is 6.09 Å². The van der Waals surface area contributed by atoms with Crippen molar-refractivity contribution in [3.05, 3.63) is 59.4 Å². The molecule has 3 atom stereocenters. The molecule has 0 aliphatic carbocycles. The van der Waals surface area contributed by atoms with Crippen LogP contribution < -0.4 is 19.9 Å². The minimum atomic E-state index is -1.03. The molecule has 3 fully saturated rings. The van der Waals surface area contributed by atoms with E-state index in [-0.39, 0.29) is 23.8 Å². The Kier molecular flexibility index (Phi) is 9.55. The smallest absolute Gasteiger partial charge is 0.404 e. The van der Waals surface area contributed by atoms with Gasteiger partial charge in [0.1, 0.15) is 28.5 Å². The molecule has 14 heteroatoms. The zero-order valence-corrected chi connectivity index (χ0v) is 29.4. The number of methoxy groups -OCH3 is 1. The molecule has 4 aromatic rings. The number of carboxylic acid groups (broad SMARTS) is 1. The number of fused-ring (bicyclic) bond motifs is 1. The quantitative estimate of drug-likeness (QED) is 0.207. The highest BCUT2D eigenvalue weighted by Crippen LogP contribution is 2.44. The third-order valence-electron chi connectivity index (χ3n) is 10.3. The van der Waals surface area contributed by atoms with Gasteiger partial charge >= 0.3 is 6.09 Å². The first-order chi connectivity index (χ1) is 24.2. The summed E-state index contributed by atoms with van der Waals surface area (Å²) in [6, 6.07) is 9.50. The molecule has 1 unspecified atom stereocenters. The van der Waals surface area contributed by atoms with Crippen LogP contribution in [0.5, 0.6) is 5.75 Å². The number of hydrogen-bond acceptors (Lipinski definition) is 10. The predicted octanol–water partition coefficient (Wildman–Crippen LogP) is 6.17. The van der Waals surface area contributed by atoms with Gasteiger partial charge in [-0.25, -0.2) is 24.4 Å². The largest absolute Gasteiger partial charge is 0.497 e. The Morgan fingerprint density at radius 1 is 1.20 bits per heavy atom. The van der Waals surface area contributed by atoms with Gasteiger partial charge in [-0.3, -0.25) is 0 Å². The number of nitrogens with one attached hydrogen (secondary N) is 1. The highest BCUT2D eigenvalue weighted by atomic mass is 35.5. The van der Waals surface area contributed by atoms with Crippen molar-refractivity contribution in [2.45, 2.75) is 63.9 Å². The molecule has 6 heterocycles. The molecule has 1 amide bonds. The summed E-state index contributed by atoms with van der Waals surface area (Å²) < 4.78 is 19.4. The molecular weight excluding hydrogens is 660 g/mol. The molecule has 7 rings (SSSR count). The summed E-state index contributed by atoms with van der Waals surface area (Å²) in [4.78, 5) is 30.8. The average Bonchev–Trinajstić information content (AvgIpc) is 3.65. The van der Waals surface area contributed by atoms with Crippen molar-refractivity contribution in [2.24, 2.45) is 5.41 Å². The van der Waals surface area contributed by atoms with E-state index in [0.29, 0.717) is 77.6 Å². The Bertz CT molecular complexity index is 1870. The lowest BCUT2D eigenvalue weighted by atomic mass is 9.73. The average molecular weight is 703 g/mol. The first-order valence-corrected chi connectivity index (χ1v) is 17.5. The zero-order valence-electron chi connectivity index (χ0n) is 28.6. The Morgan fingerprint density at radius 3 is 2.66 bits per heavy atom. The number of rotatable bonds is 9. The van der Waals surface area contributed by atoms with Gasteiger partial charge in [-0.1, -0.05) is 30.3 Å². The standard InChI is InChI=1S/C36H43ClN8O5/c1-5-26-32(44-17-14-36(15-18-44)21-50-22(2)31(36)40-35(46)47)41-34-30(39-26)29(42-45(34)27-8-6-7-19-49-27)25-13-16-38-33(28(25)37)43(3)20-23-9-11-24(48-4)12-10-23/h5,9-13,16,22,27,31,40H,1,6-8,14-15,17-21H2,2-4H3,(H,46,47)/t22-,27?,31+/m0/s1. The van der Waals surface area contributed by atoms with Gasteiger partial charge in [-0.15, -0.1) is 0 Å². The number of benzene rings is 1. The summed E-state index contributed by atoms with van der Waals surface area (Å²) in [6.45, 7) is 9.10. The van der Waals surface area contributed by atoms with Crippen LogP contribution in [0.1, 0.15) is 56.5 Å². The topological polar surface area (TPSA) is 140 Å². The highest BCUT2D eigenvalue weighted by Gasteiger charge is 2.50. The lowest BCUT2D eigenvalue weighted by molar-refractivity contribution is -0.0368. The second kappa shape index (κ2) is 14.0. The molecular formula is C36H43ClN8O5. The number of nitrogens with zero attached hydrogens (tertiary/aromatic N) is 7. The van der Waals surface area contributed by atoms with Crippen molar-refractivity contribution in [2.75, 3.05) is 50.3 Å². The number of pyridine rings is 1. The summed E-state index contributed by atoms with van der Waals surface area (Å²) in [5.41, 5.74) is 3.95. The van der Waals surface area contributed by atoms with Gasteiger partial charge in [-0.05, 0) is 68.9 Å². The van der Waals surface area contributed by atoms with E-state index in [9.17, 15) is 9.90 Å². The second-order valence-electron chi connectivity index (χ2n) is 13.4. The lowest BCUT2D eigenvalue weighted by Gasteiger charge is -2.42. The van der Waals surface area contributed by atoms with E-state index in [1.165, 1.54) is 0 Å². The molecule has 3 aromatic heterocycles. The van der Waals surface area contributed by atoms with E-state index in [1.807, 2.05) is 53.9 Å². The summed E-state index contributed by atoms with van der Waals surface area (Å²) in [5, 5.41) is 17.8. The van der Waals surface area contributed by atoms with Crippen molar-refractivity contribution < 1.29 is 24.1 Å². The molecule has 3 saturated heterocycles. The van der Waals surface area contributed by atoms with Crippen molar-refractivity contribution in [3.8, 4) is 17.0 Å². The number of hydrogen-bond donors (Lipinski definition) is 2. The molecule has 0 radical (unpaired) electrons. The monoisotopic (exact) mass is 702 g/mol. The molecule has 3 aliphatic heterocycles. The number of anilines is 2. The molecule has 3 aliphatic rings. The molecule has 50 heavy (non-hydrogen) atoms. The van der Waals surface area contributed by atoms with Crippen molar-refractivity contribution >= 4 is 46.6 Å². The van der Waals surface area contributed by atoms with Gasteiger partial charge < -0.3 is 34.4 Å². The fourth-order valence-electron chi connectivity index (χ4n) is 7.59. The SMILES string of the molecule is C=Cc1nc2c(-c3ccnc(N(C)Cc4ccc(OC)cc4)c3Cl)nn(C3CCCCO3)c2nc1N1CCC2(CC1)CO[C@@H](C)[C@H]2NC(=O)O. The van der Waals surface area contributed by atoms with Gasteiger partial charge in [-0.2, -0.15) is 5.10 Å². The Morgan fingerprint density at radius 2 is 1.98 bits per heavy atom. The fourth-order valence-corrected chi connectivity index (χ4v) is 7.93. The zero-order chi connectivity index (χ0) is 35.0. The van der Waals surface area contributed by atoms with Crippen LogP contribution in [0.4, 0.5) is 16.4 Å². The van der Waals surface area contributed by atoms with E-state index in [4.69, 9.17) is 40.9 Å². The number of halogens is 1. The molecule has 1 aromatic carbocycles. The third kappa shape index (κ3) is 6.33. The van der Waals surface area contributed by atoms with Crippen LogP contribution in [0, 0.1) is 5.41 Å². The van der Waals surface area contributed by atoms with Crippen LogP contribution in [-0.2, 0) is 16.0 Å². The van der Waals surface area contributed by atoms with Crippen LogP contribution in [0.25, 0.3) is 28.5 Å². The minimum Gasteiger partial charge on any atom is -0.497 e. The van der Waals surface area contributed by atoms with Crippen LogP contribution in [0.3, 0.4) is 0 Å². The maximum atomic E-state index is 11.6. The van der Waals surface area contributed by atoms with Crippen molar-refractivity contribution in [1.29, 1.82) is 0 Å². The molecule has 1 spiro atoms. The van der Waals surface area contributed by atoms with Crippen molar-refractivity contribution in [3.63, 3.8) is 0 Å². The third-order valence-corrected chi connectivity index (χ3v) is 10.7. The Labute approximate surface area is 296 Å². The molecule has 0 bridgehead atoms. The fraction of sp³-hybridized carbons (Fsp3) is 0.472. The summed E-state index contributed by atoms with van der Waals surface area (Å²) in [5.74, 6) is 2.13. The Hall–Kier alpha value is -4.46. The molecule has 0 saturated carbocycles. The maximum Gasteiger partial charge on any atom is 0.404 e. The molecule has 264 valence electrons.